The minimum atomic E-state index is -0.0243. The summed E-state index contributed by atoms with van der Waals surface area (Å²) in [5, 5.41) is 28.4. The second kappa shape index (κ2) is 13.4. The fourth-order valence-electron chi connectivity index (χ4n) is 5.73. The van der Waals surface area contributed by atoms with E-state index in [4.69, 9.17) is 4.42 Å². The third-order valence-electron chi connectivity index (χ3n) is 7.96. The van der Waals surface area contributed by atoms with Gasteiger partial charge in [0.1, 0.15) is 11.5 Å². The molecule has 6 heteroatoms. The van der Waals surface area contributed by atoms with Gasteiger partial charge in [0.2, 0.25) is 11.8 Å². The molecule has 2 atom stereocenters. The number of fused-ring (bicyclic) bond motifs is 1. The van der Waals surface area contributed by atoms with Gasteiger partial charge in [-0.1, -0.05) is 57.7 Å². The van der Waals surface area contributed by atoms with Gasteiger partial charge in [-0.2, -0.15) is 11.8 Å². The van der Waals surface area contributed by atoms with Crippen LogP contribution in [0.4, 0.5) is 0 Å². The Morgan fingerprint density at radius 2 is 1.65 bits per heavy atom. The number of aryl methyl sites for hydroxylation is 3. The Morgan fingerprint density at radius 3 is 2.43 bits per heavy atom. The minimum absolute atomic E-state index is 0.0243. The van der Waals surface area contributed by atoms with E-state index in [0.29, 0.717) is 17.4 Å². The van der Waals surface area contributed by atoms with Crippen molar-refractivity contribution < 1.29 is 14.6 Å². The molecule has 37 heavy (non-hydrogen) atoms. The van der Waals surface area contributed by atoms with Crippen molar-refractivity contribution in [2.75, 3.05) is 11.5 Å². The van der Waals surface area contributed by atoms with Crippen LogP contribution in [0.25, 0.3) is 0 Å². The number of thioether (sulfide) groups is 1. The third kappa shape index (κ3) is 7.31. The summed E-state index contributed by atoms with van der Waals surface area (Å²) < 4.78 is 5.92. The Morgan fingerprint density at radius 1 is 0.892 bits per heavy atom. The van der Waals surface area contributed by atoms with Crippen molar-refractivity contribution in [2.45, 2.75) is 95.8 Å². The molecule has 1 aliphatic carbocycles. The summed E-state index contributed by atoms with van der Waals surface area (Å²) in [5.74, 6) is 4.75. The van der Waals surface area contributed by atoms with E-state index in [-0.39, 0.29) is 5.41 Å². The van der Waals surface area contributed by atoms with Crippen molar-refractivity contribution in [1.29, 1.82) is 0 Å². The molecule has 0 radical (unpaired) electrons. The molecular weight excluding hydrogens is 480 g/mol. The predicted octanol–water partition coefficient (Wildman–Crippen LogP) is 7.74. The zero-order chi connectivity index (χ0) is 26.1. The van der Waals surface area contributed by atoms with Crippen molar-refractivity contribution in [2.24, 2.45) is 0 Å². The van der Waals surface area contributed by atoms with Crippen LogP contribution in [0.2, 0.25) is 0 Å². The number of benzene rings is 2. The number of hydrogen-bond donors (Lipinski definition) is 2. The lowest BCUT2D eigenvalue weighted by atomic mass is 9.60. The number of rotatable bonds is 14. The van der Waals surface area contributed by atoms with E-state index in [1.807, 2.05) is 23.9 Å². The van der Waals surface area contributed by atoms with Gasteiger partial charge in [0.15, 0.2) is 0 Å². The van der Waals surface area contributed by atoms with E-state index >= 15 is 0 Å². The molecule has 3 aromatic rings. The molecule has 0 amide bonds. The molecule has 2 N–H and O–H groups in total. The number of aromatic nitrogens is 2. The molecule has 2 aromatic carbocycles. The van der Waals surface area contributed by atoms with Crippen LogP contribution < -0.4 is 0 Å². The van der Waals surface area contributed by atoms with Gasteiger partial charge in [-0.25, -0.2) is 0 Å². The number of phenolic OH excluding ortho intramolecular Hbond substituents is 2. The quantitative estimate of drug-likeness (QED) is 0.211. The standard InChI is InChI=1S/C31H42N2O3S/c1-3-4-5-8-20-37-21-18-30-33-32-29(36-30)10-7-6-9-28-27-16-15-26(35)22-23(27)17-19-31(28,2)24-11-13-25(34)14-12-24/h11-16,22,28,34-35H,3-10,17-21H2,1-2H3. The van der Waals surface area contributed by atoms with Crippen LogP contribution in [0.3, 0.4) is 0 Å². The summed E-state index contributed by atoms with van der Waals surface area (Å²) in [4.78, 5) is 0. The van der Waals surface area contributed by atoms with Crippen LogP contribution in [0.5, 0.6) is 11.5 Å². The van der Waals surface area contributed by atoms with Crippen molar-refractivity contribution >= 4 is 11.8 Å². The first kappa shape index (κ1) is 27.6. The molecule has 5 nitrogen and oxygen atoms in total. The fraction of sp³-hybridized carbons (Fsp3) is 0.548. The van der Waals surface area contributed by atoms with Gasteiger partial charge >= 0.3 is 0 Å². The number of phenols is 2. The number of nitrogens with zero attached hydrogens (tertiary/aromatic N) is 2. The lowest BCUT2D eigenvalue weighted by molar-refractivity contribution is 0.304. The first-order chi connectivity index (χ1) is 18.0. The average Bonchev–Trinajstić information content (AvgIpc) is 3.35. The summed E-state index contributed by atoms with van der Waals surface area (Å²) in [7, 11) is 0. The molecule has 0 spiro atoms. The second-order valence-corrected chi connectivity index (χ2v) is 11.9. The topological polar surface area (TPSA) is 79.4 Å². The Balaban J connectivity index is 1.31. The number of unbranched alkanes of at least 4 members (excludes halogenated alkanes) is 4. The lowest BCUT2D eigenvalue weighted by Crippen LogP contribution is -2.35. The first-order valence-electron chi connectivity index (χ1n) is 14.0. The Hall–Kier alpha value is -2.47. The summed E-state index contributed by atoms with van der Waals surface area (Å²) in [5.41, 5.74) is 3.83. The van der Waals surface area contributed by atoms with E-state index in [1.165, 1.54) is 48.1 Å². The Kier molecular flexibility index (Phi) is 9.95. The molecule has 2 unspecified atom stereocenters. The van der Waals surface area contributed by atoms with Crippen LogP contribution in [-0.2, 0) is 24.7 Å². The molecule has 200 valence electrons. The second-order valence-electron chi connectivity index (χ2n) is 10.7. The summed E-state index contributed by atoms with van der Waals surface area (Å²) in [6, 6.07) is 13.6. The fourth-order valence-corrected chi connectivity index (χ4v) is 6.66. The smallest absolute Gasteiger partial charge is 0.217 e. The van der Waals surface area contributed by atoms with Gasteiger partial charge < -0.3 is 14.6 Å². The average molecular weight is 523 g/mol. The summed E-state index contributed by atoms with van der Waals surface area (Å²) in [6.07, 6.45) is 12.0. The Bertz CT molecular complexity index is 1110. The van der Waals surface area contributed by atoms with Crippen LogP contribution in [0.15, 0.2) is 46.9 Å². The van der Waals surface area contributed by atoms with Gasteiger partial charge in [0.25, 0.3) is 0 Å². The van der Waals surface area contributed by atoms with Gasteiger partial charge in [-0.3, -0.25) is 0 Å². The van der Waals surface area contributed by atoms with Crippen molar-refractivity contribution in [1.82, 2.24) is 10.2 Å². The molecule has 1 aliphatic rings. The lowest BCUT2D eigenvalue weighted by Gasteiger charge is -2.43. The minimum Gasteiger partial charge on any atom is -0.508 e. The van der Waals surface area contributed by atoms with E-state index < -0.39 is 0 Å². The highest BCUT2D eigenvalue weighted by Crippen LogP contribution is 2.50. The molecule has 1 aromatic heterocycles. The molecule has 0 saturated heterocycles. The maximum Gasteiger partial charge on any atom is 0.217 e. The van der Waals surface area contributed by atoms with Crippen LogP contribution in [0.1, 0.15) is 99.6 Å². The third-order valence-corrected chi connectivity index (χ3v) is 9.03. The zero-order valence-corrected chi connectivity index (χ0v) is 23.2. The monoisotopic (exact) mass is 522 g/mol. The molecule has 0 bridgehead atoms. The molecule has 0 fully saturated rings. The van der Waals surface area contributed by atoms with Gasteiger partial charge in [0, 0.05) is 18.6 Å². The normalized spacial score (nSPS) is 19.1. The molecular formula is C31H42N2O3S. The van der Waals surface area contributed by atoms with Crippen molar-refractivity contribution in [3.8, 4) is 11.5 Å². The van der Waals surface area contributed by atoms with E-state index in [9.17, 15) is 10.2 Å². The number of aromatic hydroxyl groups is 2. The van der Waals surface area contributed by atoms with Gasteiger partial charge in [0.05, 0.1) is 0 Å². The predicted molar refractivity (Wildman–Crippen MR) is 152 cm³/mol. The highest BCUT2D eigenvalue weighted by atomic mass is 32.2. The van der Waals surface area contributed by atoms with Crippen LogP contribution >= 0.6 is 11.8 Å². The summed E-state index contributed by atoms with van der Waals surface area (Å²) >= 11 is 1.98. The van der Waals surface area contributed by atoms with Gasteiger partial charge in [-0.05, 0) is 90.1 Å². The van der Waals surface area contributed by atoms with Crippen LogP contribution in [-0.4, -0.2) is 31.9 Å². The first-order valence-corrected chi connectivity index (χ1v) is 15.2. The van der Waals surface area contributed by atoms with Crippen molar-refractivity contribution in [3.05, 3.63) is 70.9 Å². The summed E-state index contributed by atoms with van der Waals surface area (Å²) in [6.45, 7) is 4.60. The maximum atomic E-state index is 10.1. The number of hydrogen-bond acceptors (Lipinski definition) is 6. The maximum absolute atomic E-state index is 10.1. The van der Waals surface area contributed by atoms with Crippen molar-refractivity contribution in [3.63, 3.8) is 0 Å². The molecule has 0 aliphatic heterocycles. The van der Waals surface area contributed by atoms with E-state index in [2.05, 4.69) is 42.2 Å². The SMILES string of the molecule is CCCCCCSCCc1nnc(CCCCC2c3ccc(O)cc3CCC2(C)c2ccc(O)cc2)o1. The van der Waals surface area contributed by atoms with E-state index in [1.54, 1.807) is 12.1 Å². The largest absolute Gasteiger partial charge is 0.508 e. The molecule has 4 rings (SSSR count). The molecule has 1 heterocycles. The van der Waals surface area contributed by atoms with Gasteiger partial charge in [-0.15, -0.1) is 10.2 Å². The molecule has 0 saturated carbocycles. The highest BCUT2D eigenvalue weighted by molar-refractivity contribution is 7.99. The van der Waals surface area contributed by atoms with Crippen LogP contribution in [0, 0.1) is 0 Å². The zero-order valence-electron chi connectivity index (χ0n) is 22.4. The van der Waals surface area contributed by atoms with E-state index in [0.717, 1.165) is 62.5 Å². The highest BCUT2D eigenvalue weighted by Gasteiger charge is 2.40. The Labute approximate surface area is 226 Å².